The summed E-state index contributed by atoms with van der Waals surface area (Å²) in [6.45, 7) is 4.73. The van der Waals surface area contributed by atoms with Gasteiger partial charge in [0.05, 0.1) is 22.4 Å². The zero-order chi connectivity index (χ0) is 36.0. The number of fused-ring (bicyclic) bond motifs is 11. The molecule has 254 valence electrons. The molecule has 1 aliphatic rings. The Labute approximate surface area is 313 Å². The van der Waals surface area contributed by atoms with Gasteiger partial charge < -0.3 is 4.57 Å². The molecule has 8 aromatic carbocycles. The van der Waals surface area contributed by atoms with E-state index in [4.69, 9.17) is 9.97 Å². The van der Waals surface area contributed by atoms with Gasteiger partial charge in [0.1, 0.15) is 0 Å². The van der Waals surface area contributed by atoms with Gasteiger partial charge in [0, 0.05) is 44.0 Å². The Kier molecular flexibility index (Phi) is 6.60. The second-order valence-corrected chi connectivity index (χ2v) is 15.0. The molecule has 0 unspecified atom stereocenters. The minimum absolute atomic E-state index is 0.118. The van der Waals surface area contributed by atoms with Crippen LogP contribution >= 0.6 is 0 Å². The maximum absolute atomic E-state index is 5.12. The molecule has 2 aromatic heterocycles. The predicted octanol–water partition coefficient (Wildman–Crippen LogP) is 13.2. The maximum Gasteiger partial charge on any atom is 0.160 e. The quantitative estimate of drug-likeness (QED) is 0.172. The van der Waals surface area contributed by atoms with Crippen LogP contribution in [0.5, 0.6) is 0 Å². The molecule has 0 atom stereocenters. The molecule has 0 saturated heterocycles. The molecule has 0 radical (unpaired) electrons. The molecule has 0 N–H and O–H groups in total. The van der Waals surface area contributed by atoms with E-state index in [1.807, 2.05) is 12.1 Å². The average molecular weight is 690 g/mol. The van der Waals surface area contributed by atoms with Gasteiger partial charge in [-0.05, 0) is 80.9 Å². The van der Waals surface area contributed by atoms with Crippen LogP contribution in [0.25, 0.3) is 94.1 Å². The van der Waals surface area contributed by atoms with Crippen molar-refractivity contribution in [2.75, 3.05) is 0 Å². The molecule has 11 rings (SSSR count). The number of rotatable bonds is 4. The van der Waals surface area contributed by atoms with Gasteiger partial charge in [0.15, 0.2) is 5.82 Å². The van der Waals surface area contributed by atoms with E-state index in [2.05, 4.69) is 182 Å². The fraction of sp³-hybridized carbons (Fsp3) is 0.0588. The van der Waals surface area contributed by atoms with Gasteiger partial charge in [0.2, 0.25) is 0 Å². The van der Waals surface area contributed by atoms with Crippen molar-refractivity contribution in [2.24, 2.45) is 0 Å². The van der Waals surface area contributed by atoms with Crippen LogP contribution in [0.4, 0.5) is 0 Å². The summed E-state index contributed by atoms with van der Waals surface area (Å²) in [4.78, 5) is 10.2. The normalized spacial score (nSPS) is 13.1. The van der Waals surface area contributed by atoms with Gasteiger partial charge in [-0.25, -0.2) is 9.97 Å². The van der Waals surface area contributed by atoms with Crippen molar-refractivity contribution in [3.05, 3.63) is 187 Å². The highest BCUT2D eigenvalue weighted by Crippen LogP contribution is 2.52. The van der Waals surface area contributed by atoms with Crippen molar-refractivity contribution < 1.29 is 0 Å². The van der Waals surface area contributed by atoms with Crippen LogP contribution < -0.4 is 0 Å². The SMILES string of the molecule is CC1(C)c2ccccc2-c2cc3c4c5ccccc5c5ccccc5c4n(-c4ccc(-c5nc(-c6ccccc6)cc(-c6ccccc6)n5)cc4)c3cc21. The van der Waals surface area contributed by atoms with E-state index < -0.39 is 0 Å². The van der Waals surface area contributed by atoms with Gasteiger partial charge in [-0.2, -0.15) is 0 Å². The van der Waals surface area contributed by atoms with E-state index in [9.17, 15) is 0 Å². The average Bonchev–Trinajstić information content (AvgIpc) is 3.69. The van der Waals surface area contributed by atoms with Crippen LogP contribution in [0, 0.1) is 0 Å². The summed E-state index contributed by atoms with van der Waals surface area (Å²) in [5.74, 6) is 0.706. The lowest BCUT2D eigenvalue weighted by Crippen LogP contribution is -2.14. The molecular formula is C51H35N3. The lowest BCUT2D eigenvalue weighted by Gasteiger charge is -2.21. The summed E-state index contributed by atoms with van der Waals surface area (Å²) in [5, 5.41) is 7.63. The molecule has 0 saturated carbocycles. The largest absolute Gasteiger partial charge is 0.309 e. The van der Waals surface area contributed by atoms with Crippen molar-refractivity contribution in [1.29, 1.82) is 0 Å². The molecule has 0 bridgehead atoms. The van der Waals surface area contributed by atoms with E-state index in [1.165, 1.54) is 65.6 Å². The fourth-order valence-electron chi connectivity index (χ4n) is 8.99. The standard InChI is InChI=1S/C51H35N3/c1-51(2)43-24-14-13-21-38(43)41-29-42-47(30-44(41)51)54(49-40-23-12-10-20-37(40)36-19-9-11-22-39(36)48(42)49)35-27-25-34(26-28-35)50-52-45(32-15-5-3-6-16-32)31-46(53-50)33-17-7-4-8-18-33/h3-31H,1-2H3. The number of aromatic nitrogens is 3. The van der Waals surface area contributed by atoms with E-state index in [0.29, 0.717) is 5.82 Å². The van der Waals surface area contributed by atoms with Gasteiger partial charge in [0.25, 0.3) is 0 Å². The molecule has 10 aromatic rings. The highest BCUT2D eigenvalue weighted by molar-refractivity contribution is 6.32. The molecule has 2 heterocycles. The first-order valence-electron chi connectivity index (χ1n) is 18.7. The van der Waals surface area contributed by atoms with Crippen molar-refractivity contribution >= 4 is 43.4 Å². The Balaban J connectivity index is 1.18. The second-order valence-electron chi connectivity index (χ2n) is 15.0. The number of hydrogen-bond acceptors (Lipinski definition) is 2. The summed E-state index contributed by atoms with van der Waals surface area (Å²) in [6.07, 6.45) is 0. The van der Waals surface area contributed by atoms with Crippen molar-refractivity contribution in [2.45, 2.75) is 19.3 Å². The van der Waals surface area contributed by atoms with Crippen LogP contribution in [0.1, 0.15) is 25.0 Å². The first kappa shape index (κ1) is 30.8. The molecule has 1 aliphatic carbocycles. The highest BCUT2D eigenvalue weighted by Gasteiger charge is 2.36. The number of benzene rings is 8. The molecule has 0 fully saturated rings. The smallest absolute Gasteiger partial charge is 0.160 e. The molecule has 3 heteroatoms. The Morgan fingerprint density at radius 3 is 1.65 bits per heavy atom. The summed E-state index contributed by atoms with van der Waals surface area (Å²) < 4.78 is 2.50. The van der Waals surface area contributed by atoms with Crippen LogP contribution in [0.2, 0.25) is 0 Å². The zero-order valence-electron chi connectivity index (χ0n) is 30.1. The summed E-state index contributed by atoms with van der Waals surface area (Å²) in [6, 6.07) is 63.3. The van der Waals surface area contributed by atoms with E-state index in [0.717, 1.165) is 33.8 Å². The van der Waals surface area contributed by atoms with Crippen molar-refractivity contribution in [3.8, 4) is 50.7 Å². The van der Waals surface area contributed by atoms with E-state index >= 15 is 0 Å². The topological polar surface area (TPSA) is 30.7 Å². The Bertz CT molecular complexity index is 3040. The van der Waals surface area contributed by atoms with Gasteiger partial charge in [-0.15, -0.1) is 0 Å². The van der Waals surface area contributed by atoms with Crippen LogP contribution in [-0.2, 0) is 5.41 Å². The predicted molar refractivity (Wildman–Crippen MR) is 225 cm³/mol. The van der Waals surface area contributed by atoms with Crippen LogP contribution in [0.15, 0.2) is 176 Å². The maximum atomic E-state index is 5.12. The van der Waals surface area contributed by atoms with Gasteiger partial charge in [-0.1, -0.05) is 147 Å². The zero-order valence-corrected chi connectivity index (χ0v) is 30.1. The van der Waals surface area contributed by atoms with Crippen LogP contribution in [0.3, 0.4) is 0 Å². The summed E-state index contributed by atoms with van der Waals surface area (Å²) in [5.41, 5.74) is 13.8. The Hall–Kier alpha value is -6.84. The third-order valence-electron chi connectivity index (χ3n) is 11.6. The molecule has 3 nitrogen and oxygen atoms in total. The number of hydrogen-bond donors (Lipinski definition) is 0. The number of nitrogens with zero attached hydrogens (tertiary/aromatic N) is 3. The lowest BCUT2D eigenvalue weighted by atomic mass is 9.82. The third-order valence-corrected chi connectivity index (χ3v) is 11.6. The minimum atomic E-state index is -0.118. The fourth-order valence-corrected chi connectivity index (χ4v) is 8.99. The van der Waals surface area contributed by atoms with Gasteiger partial charge >= 0.3 is 0 Å². The van der Waals surface area contributed by atoms with Crippen molar-refractivity contribution in [1.82, 2.24) is 14.5 Å². The highest BCUT2D eigenvalue weighted by atomic mass is 15.0. The molecule has 0 aliphatic heterocycles. The second kappa shape index (κ2) is 11.6. The first-order chi connectivity index (χ1) is 26.5. The van der Waals surface area contributed by atoms with Gasteiger partial charge in [-0.3, -0.25) is 0 Å². The first-order valence-corrected chi connectivity index (χ1v) is 18.7. The summed E-state index contributed by atoms with van der Waals surface area (Å²) in [7, 11) is 0. The van der Waals surface area contributed by atoms with E-state index in [1.54, 1.807) is 0 Å². The lowest BCUT2D eigenvalue weighted by molar-refractivity contribution is 0.661. The van der Waals surface area contributed by atoms with Crippen LogP contribution in [-0.4, -0.2) is 14.5 Å². The van der Waals surface area contributed by atoms with E-state index in [-0.39, 0.29) is 5.41 Å². The Morgan fingerprint density at radius 1 is 0.426 bits per heavy atom. The third kappa shape index (κ3) is 4.48. The molecule has 54 heavy (non-hydrogen) atoms. The van der Waals surface area contributed by atoms with Crippen molar-refractivity contribution in [3.63, 3.8) is 0 Å². The minimum Gasteiger partial charge on any atom is -0.309 e. The molecular weight excluding hydrogens is 655 g/mol. The monoisotopic (exact) mass is 689 g/mol. The summed E-state index contributed by atoms with van der Waals surface area (Å²) >= 11 is 0. The molecule has 0 amide bonds. The Morgan fingerprint density at radius 2 is 0.981 bits per heavy atom. The molecule has 0 spiro atoms.